The van der Waals surface area contributed by atoms with E-state index >= 15 is 0 Å². The second kappa shape index (κ2) is 5.96. The fourth-order valence-electron chi connectivity index (χ4n) is 2.46. The zero-order valence-electron chi connectivity index (χ0n) is 10.4. The minimum Gasteiger partial charge on any atom is -0.312 e. The third kappa shape index (κ3) is 3.07. The Morgan fingerprint density at radius 3 is 2.88 bits per heavy atom. The smallest absolute Gasteiger partial charge is 0.0497 e. The number of nitrogens with one attached hydrogen (secondary N) is 2. The zero-order valence-corrected chi connectivity index (χ0v) is 12.0. The van der Waals surface area contributed by atoms with E-state index in [0.717, 1.165) is 19.6 Å². The number of nitrogens with zero attached hydrogens (tertiary/aromatic N) is 1. The van der Waals surface area contributed by atoms with Crippen LogP contribution in [0, 0.1) is 0 Å². The molecular weight excluding hydrogens is 278 g/mol. The van der Waals surface area contributed by atoms with Crippen LogP contribution in [-0.4, -0.2) is 44.7 Å². The van der Waals surface area contributed by atoms with E-state index < -0.39 is 0 Å². The van der Waals surface area contributed by atoms with Crippen LogP contribution in [0.1, 0.15) is 11.6 Å². The standard InChI is InChI=1S/C13H20BrN3/c1-15-13(10-5-3-4-6-11(10)14)12-9-17(2)8-7-16-12/h3-6,12-13,15-16H,7-9H2,1-2H3. The lowest BCUT2D eigenvalue weighted by Crippen LogP contribution is -2.54. The highest BCUT2D eigenvalue weighted by Crippen LogP contribution is 2.26. The van der Waals surface area contributed by atoms with Crippen molar-refractivity contribution in [1.82, 2.24) is 15.5 Å². The molecule has 4 heteroatoms. The van der Waals surface area contributed by atoms with Crippen LogP contribution in [0.4, 0.5) is 0 Å². The first-order chi connectivity index (χ1) is 8.22. The van der Waals surface area contributed by atoms with Crippen molar-refractivity contribution in [1.29, 1.82) is 0 Å². The zero-order chi connectivity index (χ0) is 12.3. The summed E-state index contributed by atoms with van der Waals surface area (Å²) in [5.41, 5.74) is 1.32. The monoisotopic (exact) mass is 297 g/mol. The van der Waals surface area contributed by atoms with Crippen molar-refractivity contribution in [3.05, 3.63) is 34.3 Å². The van der Waals surface area contributed by atoms with Crippen LogP contribution in [0.5, 0.6) is 0 Å². The van der Waals surface area contributed by atoms with Crippen molar-refractivity contribution in [3.63, 3.8) is 0 Å². The van der Waals surface area contributed by atoms with Gasteiger partial charge in [0.25, 0.3) is 0 Å². The number of hydrogen-bond donors (Lipinski definition) is 2. The lowest BCUT2D eigenvalue weighted by molar-refractivity contribution is 0.209. The van der Waals surface area contributed by atoms with Crippen LogP contribution >= 0.6 is 15.9 Å². The summed E-state index contributed by atoms with van der Waals surface area (Å²) >= 11 is 3.64. The van der Waals surface area contributed by atoms with Crippen LogP contribution in [0.15, 0.2) is 28.7 Å². The number of rotatable bonds is 3. The molecule has 2 N–H and O–H groups in total. The van der Waals surface area contributed by atoms with Crippen molar-refractivity contribution in [2.45, 2.75) is 12.1 Å². The maximum absolute atomic E-state index is 3.64. The summed E-state index contributed by atoms with van der Waals surface area (Å²) in [5.74, 6) is 0. The predicted molar refractivity (Wildman–Crippen MR) is 75.2 cm³/mol. The molecule has 0 bridgehead atoms. The predicted octanol–water partition coefficient (Wildman–Crippen LogP) is 1.61. The Balaban J connectivity index is 2.18. The molecule has 17 heavy (non-hydrogen) atoms. The Kier molecular flexibility index (Phi) is 4.56. The fraction of sp³-hybridized carbons (Fsp3) is 0.538. The van der Waals surface area contributed by atoms with E-state index in [0.29, 0.717) is 12.1 Å². The maximum Gasteiger partial charge on any atom is 0.0497 e. The molecule has 1 aliphatic rings. The van der Waals surface area contributed by atoms with Gasteiger partial charge in [0.05, 0.1) is 0 Å². The van der Waals surface area contributed by atoms with Crippen LogP contribution in [0.25, 0.3) is 0 Å². The van der Waals surface area contributed by atoms with E-state index in [9.17, 15) is 0 Å². The van der Waals surface area contributed by atoms with Crippen LogP contribution < -0.4 is 10.6 Å². The summed E-state index contributed by atoms with van der Waals surface area (Å²) in [4.78, 5) is 2.38. The molecule has 0 amide bonds. The SMILES string of the molecule is CNC(c1ccccc1Br)C1CN(C)CCN1. The van der Waals surface area contributed by atoms with Crippen molar-refractivity contribution in [3.8, 4) is 0 Å². The van der Waals surface area contributed by atoms with Crippen LogP contribution in [0.3, 0.4) is 0 Å². The minimum absolute atomic E-state index is 0.341. The lowest BCUT2D eigenvalue weighted by atomic mass is 9.98. The average molecular weight is 298 g/mol. The Bertz CT molecular complexity index is 369. The van der Waals surface area contributed by atoms with Gasteiger partial charge >= 0.3 is 0 Å². The number of halogens is 1. The van der Waals surface area contributed by atoms with Crippen molar-refractivity contribution in [2.75, 3.05) is 33.7 Å². The van der Waals surface area contributed by atoms with Crippen molar-refractivity contribution < 1.29 is 0 Å². The van der Waals surface area contributed by atoms with Crippen LogP contribution in [-0.2, 0) is 0 Å². The Labute approximate surface area is 112 Å². The van der Waals surface area contributed by atoms with Gasteiger partial charge in [-0.15, -0.1) is 0 Å². The molecule has 2 unspecified atom stereocenters. The molecule has 0 spiro atoms. The molecule has 94 valence electrons. The van der Waals surface area contributed by atoms with Gasteiger partial charge in [0.15, 0.2) is 0 Å². The summed E-state index contributed by atoms with van der Waals surface area (Å²) in [5, 5.41) is 7.03. The van der Waals surface area contributed by atoms with Gasteiger partial charge in [-0.1, -0.05) is 34.1 Å². The summed E-state index contributed by atoms with van der Waals surface area (Å²) in [6.07, 6.45) is 0. The van der Waals surface area contributed by atoms with E-state index in [1.54, 1.807) is 0 Å². The Morgan fingerprint density at radius 1 is 1.47 bits per heavy atom. The second-order valence-corrected chi connectivity index (χ2v) is 5.47. The molecular formula is C13H20BrN3. The number of piperazine rings is 1. The summed E-state index contributed by atoms with van der Waals surface area (Å²) in [6, 6.07) is 9.23. The van der Waals surface area contributed by atoms with E-state index in [1.807, 2.05) is 7.05 Å². The van der Waals surface area contributed by atoms with Gasteiger partial charge in [-0.2, -0.15) is 0 Å². The third-order valence-electron chi connectivity index (χ3n) is 3.36. The van der Waals surface area contributed by atoms with Gasteiger partial charge in [0.1, 0.15) is 0 Å². The van der Waals surface area contributed by atoms with Crippen molar-refractivity contribution >= 4 is 15.9 Å². The number of benzene rings is 1. The normalized spacial score (nSPS) is 23.6. The van der Waals surface area contributed by atoms with E-state index in [-0.39, 0.29) is 0 Å². The average Bonchev–Trinajstić information content (AvgIpc) is 2.33. The minimum atomic E-state index is 0.341. The van der Waals surface area contributed by atoms with Crippen LogP contribution in [0.2, 0.25) is 0 Å². The van der Waals surface area contributed by atoms with Gasteiger partial charge in [-0.05, 0) is 25.7 Å². The van der Waals surface area contributed by atoms with Gasteiger partial charge in [0, 0.05) is 36.2 Å². The number of hydrogen-bond acceptors (Lipinski definition) is 3. The molecule has 2 atom stereocenters. The summed E-state index contributed by atoms with van der Waals surface area (Å²) < 4.78 is 1.18. The Morgan fingerprint density at radius 2 is 2.24 bits per heavy atom. The molecule has 1 aliphatic heterocycles. The highest BCUT2D eigenvalue weighted by molar-refractivity contribution is 9.10. The third-order valence-corrected chi connectivity index (χ3v) is 4.08. The number of likely N-dealkylation sites (N-methyl/N-ethyl adjacent to an activating group) is 2. The first-order valence-corrected chi connectivity index (χ1v) is 6.85. The van der Waals surface area contributed by atoms with E-state index in [1.165, 1.54) is 10.0 Å². The summed E-state index contributed by atoms with van der Waals surface area (Å²) in [7, 11) is 4.21. The molecule has 1 aromatic rings. The summed E-state index contributed by atoms with van der Waals surface area (Å²) in [6.45, 7) is 3.26. The van der Waals surface area contributed by atoms with Gasteiger partial charge in [-0.25, -0.2) is 0 Å². The fourth-order valence-corrected chi connectivity index (χ4v) is 2.99. The van der Waals surface area contributed by atoms with Gasteiger partial charge in [0.2, 0.25) is 0 Å². The first-order valence-electron chi connectivity index (χ1n) is 6.06. The lowest BCUT2D eigenvalue weighted by Gasteiger charge is -2.36. The maximum atomic E-state index is 3.64. The Hall–Kier alpha value is -0.420. The molecule has 1 heterocycles. The van der Waals surface area contributed by atoms with Gasteiger partial charge < -0.3 is 15.5 Å². The molecule has 3 nitrogen and oxygen atoms in total. The highest BCUT2D eigenvalue weighted by atomic mass is 79.9. The molecule has 1 fully saturated rings. The molecule has 1 saturated heterocycles. The topological polar surface area (TPSA) is 27.3 Å². The molecule has 0 aliphatic carbocycles. The van der Waals surface area contributed by atoms with Gasteiger partial charge in [-0.3, -0.25) is 0 Å². The first kappa shape index (κ1) is 13.0. The van der Waals surface area contributed by atoms with Crippen molar-refractivity contribution in [2.24, 2.45) is 0 Å². The van der Waals surface area contributed by atoms with E-state index in [2.05, 4.69) is 62.8 Å². The van der Waals surface area contributed by atoms with E-state index in [4.69, 9.17) is 0 Å². The molecule has 1 aromatic carbocycles. The highest BCUT2D eigenvalue weighted by Gasteiger charge is 2.26. The largest absolute Gasteiger partial charge is 0.312 e. The molecule has 0 saturated carbocycles. The molecule has 0 radical (unpaired) electrons. The molecule has 0 aromatic heterocycles. The molecule has 2 rings (SSSR count). The second-order valence-electron chi connectivity index (χ2n) is 4.61. The quantitative estimate of drug-likeness (QED) is 0.888.